The summed E-state index contributed by atoms with van der Waals surface area (Å²) in [7, 11) is 1.42. The molecule has 0 bridgehead atoms. The number of amides is 2. The molecule has 1 aliphatic heterocycles. The number of nitrogens with one attached hydrogen (secondary N) is 1. The van der Waals surface area contributed by atoms with E-state index in [1.807, 2.05) is 0 Å². The second-order valence-electron chi connectivity index (χ2n) is 5.34. The van der Waals surface area contributed by atoms with Gasteiger partial charge >= 0.3 is 11.8 Å². The van der Waals surface area contributed by atoms with Crippen LogP contribution in [0.5, 0.6) is 0 Å². The van der Waals surface area contributed by atoms with Crippen molar-refractivity contribution in [2.24, 2.45) is 7.05 Å². The van der Waals surface area contributed by atoms with E-state index in [1.165, 1.54) is 25.4 Å². The van der Waals surface area contributed by atoms with Crippen molar-refractivity contribution in [1.29, 1.82) is 0 Å². The van der Waals surface area contributed by atoms with Gasteiger partial charge in [-0.15, -0.1) is 0 Å². The summed E-state index contributed by atoms with van der Waals surface area (Å²) >= 11 is 0. The number of aryl methyl sites for hydroxylation is 1. The summed E-state index contributed by atoms with van der Waals surface area (Å²) in [4.78, 5) is 25.5. The van der Waals surface area contributed by atoms with E-state index in [4.69, 9.17) is 0 Å². The summed E-state index contributed by atoms with van der Waals surface area (Å²) in [6, 6.07) is 3.99. The summed E-state index contributed by atoms with van der Waals surface area (Å²) < 4.78 is 40.2. The van der Waals surface area contributed by atoms with Gasteiger partial charge in [-0.3, -0.25) is 14.3 Å². The lowest BCUT2D eigenvalue weighted by molar-refractivity contribution is -0.134. The van der Waals surface area contributed by atoms with Gasteiger partial charge in [-0.2, -0.15) is 5.10 Å². The topological polar surface area (TPSA) is 67.2 Å². The fourth-order valence-corrected chi connectivity index (χ4v) is 2.62. The summed E-state index contributed by atoms with van der Waals surface area (Å²) in [6.45, 7) is 0.222. The minimum absolute atomic E-state index is 0.222. The van der Waals surface area contributed by atoms with Crippen LogP contribution in [0.2, 0.25) is 0 Å². The van der Waals surface area contributed by atoms with Gasteiger partial charge in [0.25, 0.3) is 6.43 Å². The molecule has 0 atom stereocenters. The molecule has 0 aliphatic carbocycles. The predicted octanol–water partition coefficient (Wildman–Crippen LogP) is 2.02. The van der Waals surface area contributed by atoms with E-state index in [9.17, 15) is 22.8 Å². The molecule has 2 aromatic rings. The first-order chi connectivity index (χ1) is 11.4. The first kappa shape index (κ1) is 16.0. The molecule has 0 saturated carbocycles. The number of benzene rings is 1. The first-order valence-corrected chi connectivity index (χ1v) is 7.10. The molecule has 2 amide bonds. The molecule has 1 aromatic carbocycles. The first-order valence-electron chi connectivity index (χ1n) is 7.10. The zero-order valence-corrected chi connectivity index (χ0v) is 12.6. The maximum Gasteiger partial charge on any atom is 0.316 e. The van der Waals surface area contributed by atoms with Crippen molar-refractivity contribution in [2.75, 3.05) is 16.8 Å². The maximum atomic E-state index is 13.4. The molecule has 1 aromatic heterocycles. The Labute approximate surface area is 134 Å². The number of aromatic nitrogens is 2. The van der Waals surface area contributed by atoms with Crippen LogP contribution < -0.4 is 10.2 Å². The van der Waals surface area contributed by atoms with Crippen molar-refractivity contribution in [3.8, 4) is 0 Å². The van der Waals surface area contributed by atoms with Gasteiger partial charge in [0.15, 0.2) is 5.69 Å². The Bertz CT molecular complexity index is 819. The summed E-state index contributed by atoms with van der Waals surface area (Å²) in [5, 5.41) is 5.69. The highest BCUT2D eigenvalue weighted by Gasteiger charge is 2.30. The molecule has 0 radical (unpaired) electrons. The Morgan fingerprint density at radius 2 is 2.08 bits per heavy atom. The highest BCUT2D eigenvalue weighted by molar-refractivity contribution is 6.44. The average molecular weight is 338 g/mol. The van der Waals surface area contributed by atoms with Gasteiger partial charge in [-0.05, 0) is 24.1 Å². The van der Waals surface area contributed by atoms with Crippen LogP contribution in [0.4, 0.5) is 24.5 Å². The summed E-state index contributed by atoms with van der Waals surface area (Å²) in [5.74, 6) is -2.55. The second kappa shape index (κ2) is 5.99. The number of halogens is 3. The summed E-state index contributed by atoms with van der Waals surface area (Å²) in [5.41, 5.74) is 0.207. The van der Waals surface area contributed by atoms with E-state index in [-0.39, 0.29) is 12.2 Å². The lowest BCUT2D eigenvalue weighted by Crippen LogP contribution is -2.38. The van der Waals surface area contributed by atoms with Gasteiger partial charge in [-0.25, -0.2) is 13.2 Å². The molecule has 0 unspecified atom stereocenters. The number of anilines is 2. The minimum atomic E-state index is -2.89. The molecule has 24 heavy (non-hydrogen) atoms. The number of hydrogen-bond acceptors (Lipinski definition) is 3. The smallest absolute Gasteiger partial charge is 0.315 e. The van der Waals surface area contributed by atoms with Gasteiger partial charge < -0.3 is 10.2 Å². The number of rotatable bonds is 2. The number of carbonyl (C=O) groups is 2. The Hall–Kier alpha value is -2.84. The number of nitrogens with zero attached hydrogens (tertiary/aromatic N) is 3. The number of fused-ring (bicyclic) bond motifs is 1. The zero-order chi connectivity index (χ0) is 17.4. The number of carbonyl (C=O) groups excluding carboxylic acids is 2. The predicted molar refractivity (Wildman–Crippen MR) is 79.3 cm³/mol. The largest absolute Gasteiger partial charge is 0.316 e. The summed E-state index contributed by atoms with van der Waals surface area (Å²) in [6.07, 6.45) is -1.22. The van der Waals surface area contributed by atoms with Crippen LogP contribution in [0.1, 0.15) is 17.7 Å². The molecule has 0 spiro atoms. The second-order valence-corrected chi connectivity index (χ2v) is 5.34. The van der Waals surface area contributed by atoms with Crippen molar-refractivity contribution >= 4 is 23.2 Å². The van der Waals surface area contributed by atoms with Crippen LogP contribution in [0.25, 0.3) is 0 Å². The number of alkyl halides is 2. The zero-order valence-electron chi connectivity index (χ0n) is 12.6. The highest BCUT2D eigenvalue weighted by atomic mass is 19.3. The van der Waals surface area contributed by atoms with E-state index in [1.54, 1.807) is 6.07 Å². The lowest BCUT2D eigenvalue weighted by atomic mass is 10.2. The molecule has 6 nitrogen and oxygen atoms in total. The minimum Gasteiger partial charge on any atom is -0.315 e. The Morgan fingerprint density at radius 3 is 2.79 bits per heavy atom. The Morgan fingerprint density at radius 1 is 1.33 bits per heavy atom. The molecule has 1 N–H and O–H groups in total. The molecule has 126 valence electrons. The van der Waals surface area contributed by atoms with Gasteiger partial charge in [0.05, 0.1) is 11.4 Å². The fourth-order valence-electron chi connectivity index (χ4n) is 2.62. The van der Waals surface area contributed by atoms with E-state index < -0.39 is 29.8 Å². The molecule has 2 heterocycles. The fraction of sp³-hybridized carbons (Fsp3) is 0.267. The van der Waals surface area contributed by atoms with Crippen molar-refractivity contribution in [2.45, 2.75) is 12.8 Å². The van der Waals surface area contributed by atoms with Crippen molar-refractivity contribution < 1.29 is 22.8 Å². The van der Waals surface area contributed by atoms with Crippen LogP contribution in [0.15, 0.2) is 24.4 Å². The molecule has 1 aliphatic rings. The van der Waals surface area contributed by atoms with Crippen LogP contribution in [0.3, 0.4) is 0 Å². The van der Waals surface area contributed by atoms with Gasteiger partial charge in [-0.1, -0.05) is 6.07 Å². The maximum absolute atomic E-state index is 13.4. The Balaban J connectivity index is 1.80. The average Bonchev–Trinajstić information content (AvgIpc) is 3.09. The van der Waals surface area contributed by atoms with Crippen molar-refractivity contribution in [1.82, 2.24) is 9.78 Å². The number of hydrogen-bond donors (Lipinski definition) is 1. The standard InChI is InChI=1S/C15H13F3N4O2/c1-21-7-10(12(20-21)13(17)18)19-14(23)15(24)22-5-4-8-2-3-9(16)6-11(8)22/h2-3,6-7,13H,4-5H2,1H3,(H,19,23). The molecule has 3 rings (SSSR count). The molecular formula is C15H13F3N4O2. The van der Waals surface area contributed by atoms with Crippen LogP contribution in [0, 0.1) is 5.82 Å². The highest BCUT2D eigenvalue weighted by Crippen LogP contribution is 2.29. The normalized spacial score (nSPS) is 13.3. The van der Waals surface area contributed by atoms with E-state index in [0.29, 0.717) is 12.1 Å². The Kier molecular flexibility index (Phi) is 4.00. The molecule has 9 heteroatoms. The van der Waals surface area contributed by atoms with Crippen molar-refractivity contribution in [3.05, 3.63) is 41.5 Å². The third-order valence-corrected chi connectivity index (χ3v) is 3.69. The van der Waals surface area contributed by atoms with Gasteiger partial charge in [0.1, 0.15) is 5.82 Å². The monoisotopic (exact) mass is 338 g/mol. The third kappa shape index (κ3) is 2.84. The van der Waals surface area contributed by atoms with Gasteiger partial charge in [0, 0.05) is 19.8 Å². The quantitative estimate of drug-likeness (QED) is 0.852. The molecule has 0 saturated heterocycles. The lowest BCUT2D eigenvalue weighted by Gasteiger charge is -2.16. The van der Waals surface area contributed by atoms with Crippen LogP contribution in [-0.4, -0.2) is 28.1 Å². The molecular weight excluding hydrogens is 325 g/mol. The van der Waals surface area contributed by atoms with E-state index in [0.717, 1.165) is 15.1 Å². The van der Waals surface area contributed by atoms with Crippen LogP contribution >= 0.6 is 0 Å². The van der Waals surface area contributed by atoms with Crippen molar-refractivity contribution in [3.63, 3.8) is 0 Å². The SMILES string of the molecule is Cn1cc(NC(=O)C(=O)N2CCc3ccc(F)cc32)c(C(F)F)n1. The third-order valence-electron chi connectivity index (χ3n) is 3.69. The van der Waals surface area contributed by atoms with E-state index >= 15 is 0 Å². The van der Waals surface area contributed by atoms with Gasteiger partial charge in [0.2, 0.25) is 0 Å². The molecule has 0 fully saturated rings. The van der Waals surface area contributed by atoms with Crippen LogP contribution in [-0.2, 0) is 23.1 Å². The van der Waals surface area contributed by atoms with E-state index in [2.05, 4.69) is 10.4 Å².